The predicted molar refractivity (Wildman–Crippen MR) is 142 cm³/mol. The molecule has 3 amide bonds. The standard InChI is InChI=1S/C29H33N3O5/c1-19-7-13-24(29(35)32-2)25(17-19)36-16-4-6-21-10-14-23(28(31)34)26(18-21)37-15-3-5-20-8-11-22(12-9-20)27(30)33/h7-14,17-18H,3-6,15-16H2,1-2H3,(H2,30,33)(H2,31,34)(H,32,35). The Balaban J connectivity index is 1.54. The maximum atomic E-state index is 12.1. The number of benzene rings is 3. The molecule has 0 atom stereocenters. The van der Waals surface area contributed by atoms with E-state index in [1.54, 1.807) is 31.3 Å². The van der Waals surface area contributed by atoms with Gasteiger partial charge in [-0.25, -0.2) is 0 Å². The van der Waals surface area contributed by atoms with Crippen LogP contribution >= 0.6 is 0 Å². The molecule has 37 heavy (non-hydrogen) atoms. The minimum Gasteiger partial charge on any atom is -0.493 e. The van der Waals surface area contributed by atoms with Crippen molar-refractivity contribution in [1.29, 1.82) is 0 Å². The maximum Gasteiger partial charge on any atom is 0.254 e. The topological polar surface area (TPSA) is 134 Å². The Morgan fingerprint density at radius 1 is 0.730 bits per heavy atom. The third-order valence-electron chi connectivity index (χ3n) is 5.89. The van der Waals surface area contributed by atoms with Gasteiger partial charge in [0.2, 0.25) is 5.91 Å². The second-order valence-electron chi connectivity index (χ2n) is 8.74. The number of amides is 3. The quantitative estimate of drug-likeness (QED) is 0.307. The molecule has 3 aromatic carbocycles. The third-order valence-corrected chi connectivity index (χ3v) is 5.89. The van der Waals surface area contributed by atoms with Gasteiger partial charge in [0.25, 0.3) is 11.8 Å². The largest absolute Gasteiger partial charge is 0.493 e. The summed E-state index contributed by atoms with van der Waals surface area (Å²) in [6, 6.07) is 18.0. The lowest BCUT2D eigenvalue weighted by Gasteiger charge is -2.13. The molecule has 0 aliphatic heterocycles. The number of hydrogen-bond donors (Lipinski definition) is 3. The molecule has 0 unspecified atom stereocenters. The maximum absolute atomic E-state index is 12.1. The third kappa shape index (κ3) is 7.83. The molecule has 0 spiro atoms. The summed E-state index contributed by atoms with van der Waals surface area (Å²) in [6.07, 6.45) is 2.87. The van der Waals surface area contributed by atoms with E-state index in [-0.39, 0.29) is 5.91 Å². The van der Waals surface area contributed by atoms with Gasteiger partial charge in [-0.15, -0.1) is 0 Å². The molecule has 0 heterocycles. The number of aryl methyl sites for hydroxylation is 3. The van der Waals surface area contributed by atoms with Gasteiger partial charge >= 0.3 is 0 Å². The average Bonchev–Trinajstić information content (AvgIpc) is 2.89. The van der Waals surface area contributed by atoms with Gasteiger partial charge in [-0.2, -0.15) is 0 Å². The van der Waals surface area contributed by atoms with Gasteiger partial charge < -0.3 is 26.3 Å². The fourth-order valence-corrected chi connectivity index (χ4v) is 3.87. The minimum atomic E-state index is -0.548. The second kappa shape index (κ2) is 13.1. The van der Waals surface area contributed by atoms with Crippen LogP contribution in [0.15, 0.2) is 60.7 Å². The Bertz CT molecular complexity index is 1250. The van der Waals surface area contributed by atoms with E-state index in [0.29, 0.717) is 54.2 Å². The van der Waals surface area contributed by atoms with Crippen LogP contribution in [-0.2, 0) is 12.8 Å². The fraction of sp³-hybridized carbons (Fsp3) is 0.276. The smallest absolute Gasteiger partial charge is 0.254 e. The molecular formula is C29H33N3O5. The van der Waals surface area contributed by atoms with Crippen molar-refractivity contribution >= 4 is 17.7 Å². The van der Waals surface area contributed by atoms with Crippen molar-refractivity contribution in [2.75, 3.05) is 20.3 Å². The Hall–Kier alpha value is -4.33. The predicted octanol–water partition coefficient (Wildman–Crippen LogP) is 3.58. The van der Waals surface area contributed by atoms with E-state index in [1.807, 2.05) is 43.3 Å². The van der Waals surface area contributed by atoms with Crippen molar-refractivity contribution in [3.05, 3.63) is 94.0 Å². The van der Waals surface area contributed by atoms with Gasteiger partial charge in [-0.1, -0.05) is 24.3 Å². The molecule has 0 radical (unpaired) electrons. The minimum absolute atomic E-state index is 0.193. The van der Waals surface area contributed by atoms with Gasteiger partial charge in [0, 0.05) is 12.6 Å². The first-order valence-electron chi connectivity index (χ1n) is 12.2. The highest BCUT2D eigenvalue weighted by atomic mass is 16.5. The molecule has 0 fully saturated rings. The Kier molecular flexibility index (Phi) is 9.66. The first-order valence-corrected chi connectivity index (χ1v) is 12.2. The Morgan fingerprint density at radius 3 is 1.89 bits per heavy atom. The van der Waals surface area contributed by atoms with Crippen molar-refractivity contribution in [2.45, 2.75) is 32.6 Å². The lowest BCUT2D eigenvalue weighted by atomic mass is 10.1. The van der Waals surface area contributed by atoms with Crippen LogP contribution in [0.5, 0.6) is 11.5 Å². The van der Waals surface area contributed by atoms with Gasteiger partial charge in [0.1, 0.15) is 11.5 Å². The Labute approximate surface area is 217 Å². The SMILES string of the molecule is CNC(=O)c1ccc(C)cc1OCCCc1ccc(C(N)=O)c(OCCCc2ccc(C(N)=O)cc2)c1. The summed E-state index contributed by atoms with van der Waals surface area (Å²) in [5.41, 5.74) is 15.2. The summed E-state index contributed by atoms with van der Waals surface area (Å²) in [4.78, 5) is 35.2. The van der Waals surface area contributed by atoms with Crippen LogP contribution in [0.3, 0.4) is 0 Å². The molecule has 0 saturated carbocycles. The highest BCUT2D eigenvalue weighted by Crippen LogP contribution is 2.23. The van der Waals surface area contributed by atoms with Crippen LogP contribution < -0.4 is 26.3 Å². The van der Waals surface area contributed by atoms with E-state index >= 15 is 0 Å². The van der Waals surface area contributed by atoms with E-state index in [1.165, 1.54) is 0 Å². The molecule has 0 aliphatic carbocycles. The molecular weight excluding hydrogens is 470 g/mol. The highest BCUT2D eigenvalue weighted by molar-refractivity contribution is 5.97. The second-order valence-corrected chi connectivity index (χ2v) is 8.74. The van der Waals surface area contributed by atoms with Crippen LogP contribution in [0.4, 0.5) is 0 Å². The van der Waals surface area contributed by atoms with Gasteiger partial charge in [0.15, 0.2) is 0 Å². The van der Waals surface area contributed by atoms with E-state index in [2.05, 4.69) is 5.32 Å². The number of carbonyl (C=O) groups is 3. The normalized spacial score (nSPS) is 10.5. The zero-order chi connectivity index (χ0) is 26.8. The zero-order valence-corrected chi connectivity index (χ0v) is 21.2. The van der Waals surface area contributed by atoms with Gasteiger partial charge in [0.05, 0.1) is 24.3 Å². The molecule has 8 nitrogen and oxygen atoms in total. The first-order chi connectivity index (χ1) is 17.8. The molecule has 3 rings (SSSR count). The van der Waals surface area contributed by atoms with E-state index < -0.39 is 11.8 Å². The van der Waals surface area contributed by atoms with Crippen molar-refractivity contribution in [3.8, 4) is 11.5 Å². The first kappa shape index (κ1) is 27.3. The van der Waals surface area contributed by atoms with Crippen LogP contribution in [0.25, 0.3) is 0 Å². The van der Waals surface area contributed by atoms with Crippen LogP contribution in [0.1, 0.15) is 60.6 Å². The van der Waals surface area contributed by atoms with Crippen LogP contribution in [0.2, 0.25) is 0 Å². The number of carbonyl (C=O) groups excluding carboxylic acids is 3. The molecule has 0 bridgehead atoms. The van der Waals surface area contributed by atoms with Crippen molar-refractivity contribution in [2.24, 2.45) is 11.5 Å². The van der Waals surface area contributed by atoms with Crippen LogP contribution in [0, 0.1) is 6.92 Å². The summed E-state index contributed by atoms with van der Waals surface area (Å²) in [5, 5.41) is 2.63. The molecule has 8 heteroatoms. The molecule has 3 aromatic rings. The van der Waals surface area contributed by atoms with Crippen molar-refractivity contribution < 1.29 is 23.9 Å². The molecule has 194 valence electrons. The van der Waals surface area contributed by atoms with E-state index in [9.17, 15) is 14.4 Å². The van der Waals surface area contributed by atoms with Gasteiger partial charge in [-0.3, -0.25) is 14.4 Å². The number of rotatable bonds is 13. The number of nitrogens with one attached hydrogen (secondary N) is 1. The highest BCUT2D eigenvalue weighted by Gasteiger charge is 2.13. The van der Waals surface area contributed by atoms with Crippen LogP contribution in [-0.4, -0.2) is 38.0 Å². The lowest BCUT2D eigenvalue weighted by Crippen LogP contribution is -2.19. The lowest BCUT2D eigenvalue weighted by molar-refractivity contribution is 0.0956. The summed E-state index contributed by atoms with van der Waals surface area (Å²) < 4.78 is 11.8. The Morgan fingerprint density at radius 2 is 1.30 bits per heavy atom. The number of hydrogen-bond acceptors (Lipinski definition) is 5. The van der Waals surface area contributed by atoms with Crippen molar-refractivity contribution in [3.63, 3.8) is 0 Å². The summed E-state index contributed by atoms with van der Waals surface area (Å²) >= 11 is 0. The van der Waals surface area contributed by atoms with Gasteiger partial charge in [-0.05, 0) is 85.7 Å². The fourth-order valence-electron chi connectivity index (χ4n) is 3.87. The number of ether oxygens (including phenoxy) is 2. The summed E-state index contributed by atoms with van der Waals surface area (Å²) in [6.45, 7) is 2.78. The average molecular weight is 504 g/mol. The summed E-state index contributed by atoms with van der Waals surface area (Å²) in [7, 11) is 1.59. The van der Waals surface area contributed by atoms with Crippen molar-refractivity contribution in [1.82, 2.24) is 5.32 Å². The molecule has 0 saturated heterocycles. The van der Waals surface area contributed by atoms with E-state index in [0.717, 1.165) is 29.5 Å². The molecule has 0 aliphatic rings. The zero-order valence-electron chi connectivity index (χ0n) is 21.2. The summed E-state index contributed by atoms with van der Waals surface area (Å²) in [5.74, 6) is -0.189. The van der Waals surface area contributed by atoms with E-state index in [4.69, 9.17) is 20.9 Å². The monoisotopic (exact) mass is 503 g/mol. The number of primary amides is 2. The molecule has 5 N–H and O–H groups in total. The number of nitrogens with two attached hydrogens (primary N) is 2. The molecule has 0 aromatic heterocycles.